The van der Waals surface area contributed by atoms with E-state index in [2.05, 4.69) is 66.2 Å². The number of para-hydroxylation sites is 2. The summed E-state index contributed by atoms with van der Waals surface area (Å²) in [7, 11) is 0. The largest absolute Gasteiger partial charge is 0.493 e. The average molecular weight is 484 g/mol. The molecule has 0 saturated heterocycles. The van der Waals surface area contributed by atoms with Crippen molar-refractivity contribution in [3.63, 3.8) is 0 Å². The van der Waals surface area contributed by atoms with Gasteiger partial charge in [0.1, 0.15) is 11.6 Å². The topological polar surface area (TPSA) is 56.1 Å². The van der Waals surface area contributed by atoms with E-state index in [9.17, 15) is 4.79 Å². The molecule has 4 rings (SSSR count). The van der Waals surface area contributed by atoms with Crippen molar-refractivity contribution in [1.82, 2.24) is 14.9 Å². The number of carbonyl (C=O) groups is 1. The van der Waals surface area contributed by atoms with Gasteiger partial charge in [-0.15, -0.1) is 0 Å². The molecule has 1 aromatic heterocycles. The van der Waals surface area contributed by atoms with Crippen LogP contribution in [0.25, 0.3) is 11.0 Å². The fourth-order valence-electron chi connectivity index (χ4n) is 4.56. The van der Waals surface area contributed by atoms with Crippen LogP contribution >= 0.6 is 0 Å². The molecule has 0 aliphatic rings. The Morgan fingerprint density at radius 2 is 1.69 bits per heavy atom. The lowest BCUT2D eigenvalue weighted by atomic mass is 10.1. The highest BCUT2D eigenvalue weighted by Gasteiger charge is 2.10. The van der Waals surface area contributed by atoms with Crippen molar-refractivity contribution in [3.8, 4) is 5.75 Å². The molecule has 0 saturated carbocycles. The summed E-state index contributed by atoms with van der Waals surface area (Å²) in [6.07, 6.45) is 6.07. The van der Waals surface area contributed by atoms with Gasteiger partial charge >= 0.3 is 0 Å². The number of imidazole rings is 1. The van der Waals surface area contributed by atoms with Crippen molar-refractivity contribution in [2.24, 2.45) is 0 Å². The Bertz CT molecular complexity index is 1260. The fourth-order valence-corrected chi connectivity index (χ4v) is 4.56. The summed E-state index contributed by atoms with van der Waals surface area (Å²) in [5, 5.41) is 3.02. The molecular formula is C31H37N3O2. The van der Waals surface area contributed by atoms with Crippen molar-refractivity contribution in [1.29, 1.82) is 0 Å². The summed E-state index contributed by atoms with van der Waals surface area (Å²) in [5.41, 5.74) is 5.44. The van der Waals surface area contributed by atoms with Crippen molar-refractivity contribution >= 4 is 16.9 Å². The van der Waals surface area contributed by atoms with Crippen LogP contribution in [0.2, 0.25) is 0 Å². The number of fused-ring (bicyclic) bond motifs is 1. The second kappa shape index (κ2) is 12.9. The van der Waals surface area contributed by atoms with Gasteiger partial charge in [0.2, 0.25) is 0 Å². The molecule has 0 aliphatic carbocycles. The molecule has 0 atom stereocenters. The summed E-state index contributed by atoms with van der Waals surface area (Å²) in [5.74, 6) is 2.13. The molecule has 0 aliphatic heterocycles. The Morgan fingerprint density at radius 1 is 0.889 bits per heavy atom. The van der Waals surface area contributed by atoms with Gasteiger partial charge in [0, 0.05) is 25.1 Å². The minimum atomic E-state index is -0.00101. The highest BCUT2D eigenvalue weighted by Crippen LogP contribution is 2.21. The average Bonchev–Trinajstić information content (AvgIpc) is 3.24. The molecule has 36 heavy (non-hydrogen) atoms. The smallest absolute Gasteiger partial charge is 0.251 e. The lowest BCUT2D eigenvalue weighted by molar-refractivity contribution is 0.0953. The Morgan fingerprint density at radius 3 is 2.53 bits per heavy atom. The van der Waals surface area contributed by atoms with Gasteiger partial charge in [-0.05, 0) is 75.4 Å². The number of aromatic nitrogens is 2. The molecule has 1 heterocycles. The Labute approximate surface area is 214 Å². The molecule has 3 aromatic carbocycles. The molecule has 5 nitrogen and oxygen atoms in total. The van der Waals surface area contributed by atoms with Crippen molar-refractivity contribution in [2.45, 2.75) is 58.9 Å². The zero-order valence-corrected chi connectivity index (χ0v) is 21.5. The number of ether oxygens (including phenoxy) is 1. The first kappa shape index (κ1) is 25.5. The number of benzene rings is 3. The minimum absolute atomic E-state index is 0.00101. The number of hydrogen-bond donors (Lipinski definition) is 1. The SMILES string of the molecule is Cc1ccc(OCCCCn2c(CCCCCNC(=O)c3ccccc3)nc3ccccc32)c(C)c1. The number of aryl methyl sites for hydroxylation is 4. The van der Waals surface area contributed by atoms with Gasteiger partial charge in [-0.2, -0.15) is 0 Å². The summed E-state index contributed by atoms with van der Waals surface area (Å²) in [4.78, 5) is 17.1. The van der Waals surface area contributed by atoms with Gasteiger partial charge in [-0.3, -0.25) is 4.79 Å². The normalized spacial score (nSPS) is 11.1. The second-order valence-electron chi connectivity index (χ2n) is 9.43. The molecule has 1 N–H and O–H groups in total. The van der Waals surface area contributed by atoms with Gasteiger partial charge in [-0.25, -0.2) is 4.98 Å². The van der Waals surface area contributed by atoms with E-state index in [0.717, 1.165) is 68.8 Å². The zero-order valence-electron chi connectivity index (χ0n) is 21.5. The fraction of sp³-hybridized carbons (Fsp3) is 0.355. The number of amides is 1. The maximum Gasteiger partial charge on any atom is 0.251 e. The van der Waals surface area contributed by atoms with Gasteiger partial charge in [-0.1, -0.05) is 54.4 Å². The molecular weight excluding hydrogens is 446 g/mol. The van der Waals surface area contributed by atoms with Crippen molar-refractivity contribution < 1.29 is 9.53 Å². The lowest BCUT2D eigenvalue weighted by Crippen LogP contribution is -2.24. The maximum absolute atomic E-state index is 12.2. The molecule has 1 amide bonds. The number of carbonyl (C=O) groups excluding carboxylic acids is 1. The van der Waals surface area contributed by atoms with Gasteiger partial charge in [0.25, 0.3) is 5.91 Å². The summed E-state index contributed by atoms with van der Waals surface area (Å²) >= 11 is 0. The third kappa shape index (κ3) is 6.97. The van der Waals surface area contributed by atoms with Crippen LogP contribution in [0.4, 0.5) is 0 Å². The summed E-state index contributed by atoms with van der Waals surface area (Å²) < 4.78 is 8.40. The first-order valence-electron chi connectivity index (χ1n) is 13.1. The number of nitrogens with one attached hydrogen (secondary N) is 1. The molecule has 188 valence electrons. The van der Waals surface area contributed by atoms with Crippen LogP contribution in [-0.2, 0) is 13.0 Å². The number of nitrogens with zero attached hydrogens (tertiary/aromatic N) is 2. The van der Waals surface area contributed by atoms with Crippen LogP contribution in [0.15, 0.2) is 72.8 Å². The highest BCUT2D eigenvalue weighted by atomic mass is 16.5. The Balaban J connectivity index is 1.22. The van der Waals surface area contributed by atoms with E-state index >= 15 is 0 Å². The predicted molar refractivity (Wildman–Crippen MR) is 147 cm³/mol. The van der Waals surface area contributed by atoms with E-state index in [-0.39, 0.29) is 5.91 Å². The predicted octanol–water partition coefficient (Wildman–Crippen LogP) is 6.66. The third-order valence-corrected chi connectivity index (χ3v) is 6.50. The zero-order chi connectivity index (χ0) is 25.2. The third-order valence-electron chi connectivity index (χ3n) is 6.50. The van der Waals surface area contributed by atoms with E-state index < -0.39 is 0 Å². The summed E-state index contributed by atoms with van der Waals surface area (Å²) in [6.45, 7) is 6.57. The quantitative estimate of drug-likeness (QED) is 0.217. The van der Waals surface area contributed by atoms with Crippen molar-refractivity contribution in [3.05, 3.63) is 95.3 Å². The summed E-state index contributed by atoms with van der Waals surface area (Å²) in [6, 6.07) is 24.1. The Kier molecular flexibility index (Phi) is 9.15. The van der Waals surface area contributed by atoms with Gasteiger partial charge in [0.15, 0.2) is 0 Å². The molecule has 0 radical (unpaired) electrons. The van der Waals surface area contributed by atoms with Gasteiger partial charge < -0.3 is 14.6 Å². The maximum atomic E-state index is 12.2. The van der Waals surface area contributed by atoms with E-state index in [1.165, 1.54) is 16.6 Å². The highest BCUT2D eigenvalue weighted by molar-refractivity contribution is 5.94. The van der Waals surface area contributed by atoms with Crippen LogP contribution in [0.5, 0.6) is 5.75 Å². The molecule has 0 unspecified atom stereocenters. The van der Waals surface area contributed by atoms with Crippen LogP contribution in [0, 0.1) is 13.8 Å². The molecule has 0 spiro atoms. The number of hydrogen-bond acceptors (Lipinski definition) is 3. The lowest BCUT2D eigenvalue weighted by Gasteiger charge is -2.12. The monoisotopic (exact) mass is 483 g/mol. The molecule has 0 fully saturated rings. The van der Waals surface area contributed by atoms with Crippen LogP contribution in [-0.4, -0.2) is 28.6 Å². The van der Waals surface area contributed by atoms with Crippen LogP contribution < -0.4 is 10.1 Å². The van der Waals surface area contributed by atoms with Gasteiger partial charge in [0.05, 0.1) is 17.6 Å². The second-order valence-corrected chi connectivity index (χ2v) is 9.43. The first-order valence-corrected chi connectivity index (χ1v) is 13.1. The van der Waals surface area contributed by atoms with E-state index in [1.807, 2.05) is 30.3 Å². The minimum Gasteiger partial charge on any atom is -0.493 e. The standard InChI is InChI=1S/C31H37N3O2/c1-24-18-19-29(25(2)23-24)36-22-12-11-21-34-28-16-9-8-15-27(28)33-30(34)17-7-4-10-20-32-31(35)26-13-5-3-6-14-26/h3,5-6,8-9,13-16,18-19,23H,4,7,10-12,17,20-22H2,1-2H3,(H,32,35). The first-order chi connectivity index (χ1) is 17.6. The molecule has 4 aromatic rings. The van der Waals surface area contributed by atoms with E-state index in [0.29, 0.717) is 12.1 Å². The number of rotatable bonds is 13. The number of unbranched alkanes of at least 4 members (excludes halogenated alkanes) is 3. The van der Waals surface area contributed by atoms with Crippen molar-refractivity contribution in [2.75, 3.05) is 13.2 Å². The van der Waals surface area contributed by atoms with Crippen LogP contribution in [0.3, 0.4) is 0 Å². The van der Waals surface area contributed by atoms with Crippen LogP contribution in [0.1, 0.15) is 59.4 Å². The molecule has 5 heteroatoms. The molecule has 0 bridgehead atoms. The Hall–Kier alpha value is -3.60. The van der Waals surface area contributed by atoms with E-state index in [4.69, 9.17) is 9.72 Å². The van der Waals surface area contributed by atoms with E-state index in [1.54, 1.807) is 0 Å².